The van der Waals surface area contributed by atoms with E-state index < -0.39 is 162 Å². The van der Waals surface area contributed by atoms with Crippen molar-refractivity contribution in [1.82, 2.24) is 41.7 Å². The van der Waals surface area contributed by atoms with Crippen LogP contribution < -0.4 is 41.8 Å². The van der Waals surface area contributed by atoms with Crippen molar-refractivity contribution in [2.75, 3.05) is 32.7 Å². The molecule has 3 heterocycles. The van der Waals surface area contributed by atoms with Gasteiger partial charge in [0.1, 0.15) is 30.2 Å². The first kappa shape index (κ1) is 54.3. The summed E-state index contributed by atoms with van der Waals surface area (Å²) >= 11 is 0. The fraction of sp³-hybridized carbons (Fsp3) is 0.675. The van der Waals surface area contributed by atoms with Crippen molar-refractivity contribution in [3.8, 4) is 11.5 Å². The van der Waals surface area contributed by atoms with Gasteiger partial charge in [-0.2, -0.15) is 8.42 Å². The summed E-state index contributed by atoms with van der Waals surface area (Å²) in [5.74, 6) is -9.74. The van der Waals surface area contributed by atoms with E-state index in [0.29, 0.717) is 6.54 Å². The van der Waals surface area contributed by atoms with Gasteiger partial charge in [-0.15, -0.1) is 0 Å². The van der Waals surface area contributed by atoms with Crippen LogP contribution in [-0.2, 0) is 50.4 Å². The van der Waals surface area contributed by atoms with E-state index in [1.54, 1.807) is 0 Å². The number of fused-ring (bicyclic) bond motifs is 2. The van der Waals surface area contributed by atoms with Crippen molar-refractivity contribution in [2.24, 2.45) is 11.7 Å². The quantitative estimate of drug-likeness (QED) is 0.0646. The molecule has 0 aromatic heterocycles. The summed E-state index contributed by atoms with van der Waals surface area (Å²) in [6, 6.07) is -7.62. The molecule has 67 heavy (non-hydrogen) atoms. The van der Waals surface area contributed by atoms with E-state index in [1.807, 2.05) is 13.8 Å². The highest BCUT2D eigenvalue weighted by atomic mass is 32.3. The summed E-state index contributed by atoms with van der Waals surface area (Å²) in [5, 5.41) is 81.1. The number of aliphatic hydroxyl groups is 5. The molecule has 3 saturated heterocycles. The number of carbonyl (C=O) groups is 7. The molecular weight excluding hydrogens is 911 g/mol. The number of nitrogens with one attached hydrogen (secondary N) is 6. The van der Waals surface area contributed by atoms with E-state index in [9.17, 15) is 77.2 Å². The minimum Gasteiger partial charge on any atom is -0.504 e. The monoisotopic (exact) mass is 973 g/mol. The van der Waals surface area contributed by atoms with Crippen LogP contribution in [0.4, 0.5) is 0 Å². The van der Waals surface area contributed by atoms with Crippen molar-refractivity contribution in [2.45, 2.75) is 133 Å². The van der Waals surface area contributed by atoms with E-state index in [0.717, 1.165) is 28.0 Å². The summed E-state index contributed by atoms with van der Waals surface area (Å²) in [5.41, 5.74) is 6.01. The maximum absolute atomic E-state index is 14.6. The van der Waals surface area contributed by atoms with Gasteiger partial charge in [-0.25, -0.2) is 0 Å². The van der Waals surface area contributed by atoms with Gasteiger partial charge in [0.15, 0.2) is 11.5 Å². The lowest BCUT2D eigenvalue weighted by Gasteiger charge is -2.34. The highest BCUT2D eigenvalue weighted by Gasteiger charge is 2.49. The summed E-state index contributed by atoms with van der Waals surface area (Å²) in [6.45, 7) is 5.89. The van der Waals surface area contributed by atoms with E-state index in [2.05, 4.69) is 36.1 Å². The number of carbonyl (C=O) groups excluding carboxylic acids is 7. The number of phenolic OH excluding ortho intramolecular Hbond substituents is 1. The number of nitrogens with zero attached hydrogens (tertiary/aromatic N) is 2. The molecule has 7 amide bonds. The van der Waals surface area contributed by atoms with Gasteiger partial charge in [-0.3, -0.25) is 38.1 Å². The Balaban J connectivity index is 1.82. The SMILES string of the molecule is CC(C)NCCNC(=O)C[C@@H](O)[C@@H]1NC(=O)[C@H]([C@H](O)Cc2ccc(O)c(OS(=O)(=O)O)c2)NC(=O)[C@@H]2C[C@@H](O)CN2C(=O)C([C@@H](C)O)NC(=O)[C@@H](N)CCCNC(=O)[C@@H]2[C@@H](O)[C@@H](C)CN2C1=O. The number of rotatable bonds is 13. The van der Waals surface area contributed by atoms with Crippen molar-refractivity contribution in [3.05, 3.63) is 23.8 Å². The number of benzene rings is 1. The fourth-order valence-electron chi connectivity index (χ4n) is 7.95. The van der Waals surface area contributed by atoms with Gasteiger partial charge in [0.25, 0.3) is 0 Å². The molecule has 1 aromatic rings. The first-order valence-corrected chi connectivity index (χ1v) is 23.1. The minimum absolute atomic E-state index is 0.0580. The molecule has 1 aromatic carbocycles. The number of phenols is 1. The van der Waals surface area contributed by atoms with E-state index in [1.165, 1.54) is 13.8 Å². The van der Waals surface area contributed by atoms with Gasteiger partial charge in [-0.1, -0.05) is 26.8 Å². The molecule has 27 heteroatoms. The summed E-state index contributed by atoms with van der Waals surface area (Å²) in [4.78, 5) is 99.0. The number of hydrogen-bond donors (Lipinski definition) is 14. The molecular formula is C40H63N9O17S. The van der Waals surface area contributed by atoms with Gasteiger partial charge in [0.2, 0.25) is 41.4 Å². The third-order valence-corrected chi connectivity index (χ3v) is 11.9. The second-order valence-electron chi connectivity index (χ2n) is 17.4. The van der Waals surface area contributed by atoms with Gasteiger partial charge in [0, 0.05) is 57.5 Å². The molecule has 376 valence electrons. The topological polar surface area (TPSA) is 409 Å². The molecule has 4 rings (SSSR count). The largest absolute Gasteiger partial charge is 0.504 e. The maximum Gasteiger partial charge on any atom is 0.446 e. The summed E-state index contributed by atoms with van der Waals surface area (Å²) in [6.07, 6.45) is -10.6. The number of amides is 7. The Morgan fingerprint density at radius 1 is 0.881 bits per heavy atom. The number of aromatic hydroxyl groups is 1. The lowest BCUT2D eigenvalue weighted by molar-refractivity contribution is -0.147. The zero-order valence-electron chi connectivity index (χ0n) is 37.4. The predicted octanol–water partition coefficient (Wildman–Crippen LogP) is -6.42. The van der Waals surface area contributed by atoms with Crippen LogP contribution in [0, 0.1) is 5.92 Å². The van der Waals surface area contributed by atoms with E-state index in [-0.39, 0.29) is 44.1 Å². The lowest BCUT2D eigenvalue weighted by atomic mass is 9.98. The molecule has 0 aliphatic carbocycles. The molecule has 3 aliphatic heterocycles. The Labute approximate surface area is 386 Å². The average molecular weight is 974 g/mol. The van der Waals surface area contributed by atoms with Crippen LogP contribution in [0.5, 0.6) is 11.5 Å². The van der Waals surface area contributed by atoms with Crippen LogP contribution in [0.1, 0.15) is 58.9 Å². The van der Waals surface area contributed by atoms with Gasteiger partial charge in [-0.05, 0) is 37.5 Å². The summed E-state index contributed by atoms with van der Waals surface area (Å²) < 4.78 is 36.5. The fourth-order valence-corrected chi connectivity index (χ4v) is 8.31. The minimum atomic E-state index is -5.19. The molecule has 3 aliphatic rings. The molecule has 0 spiro atoms. The molecule has 1 unspecified atom stereocenters. The Morgan fingerprint density at radius 2 is 1.52 bits per heavy atom. The molecule has 26 nitrogen and oxygen atoms in total. The zero-order chi connectivity index (χ0) is 50.1. The van der Waals surface area contributed by atoms with E-state index >= 15 is 0 Å². The van der Waals surface area contributed by atoms with Gasteiger partial charge < -0.3 is 82.3 Å². The Morgan fingerprint density at radius 3 is 2.16 bits per heavy atom. The highest BCUT2D eigenvalue weighted by molar-refractivity contribution is 7.81. The normalized spacial score (nSPS) is 28.8. The molecule has 0 bridgehead atoms. The Kier molecular flexibility index (Phi) is 19.2. The number of hydrogen-bond acceptors (Lipinski definition) is 18. The van der Waals surface area contributed by atoms with Crippen LogP contribution in [0.15, 0.2) is 18.2 Å². The van der Waals surface area contributed by atoms with Crippen LogP contribution >= 0.6 is 0 Å². The number of aliphatic hydroxyl groups excluding tert-OH is 5. The van der Waals surface area contributed by atoms with Crippen LogP contribution in [0.2, 0.25) is 0 Å². The lowest BCUT2D eigenvalue weighted by Crippen LogP contribution is -2.64. The molecule has 15 N–H and O–H groups in total. The molecule has 0 saturated carbocycles. The van der Waals surface area contributed by atoms with Crippen LogP contribution in [0.25, 0.3) is 0 Å². The highest BCUT2D eigenvalue weighted by Crippen LogP contribution is 2.30. The summed E-state index contributed by atoms with van der Waals surface area (Å²) in [7, 11) is -5.19. The van der Waals surface area contributed by atoms with Crippen molar-refractivity contribution < 1.29 is 81.4 Å². The molecule has 3 fully saturated rings. The predicted molar refractivity (Wildman–Crippen MR) is 231 cm³/mol. The van der Waals surface area contributed by atoms with Crippen LogP contribution in [-0.4, -0.2) is 200 Å². The second-order valence-corrected chi connectivity index (χ2v) is 18.4. The Bertz CT molecular complexity index is 2080. The van der Waals surface area contributed by atoms with Crippen molar-refractivity contribution >= 4 is 51.7 Å². The second kappa shape index (κ2) is 23.6. The first-order chi connectivity index (χ1) is 31.3. The van der Waals surface area contributed by atoms with Gasteiger partial charge in [0.05, 0.1) is 43.0 Å². The van der Waals surface area contributed by atoms with Crippen LogP contribution in [0.3, 0.4) is 0 Å². The third kappa shape index (κ3) is 14.9. The maximum atomic E-state index is 14.6. The van der Waals surface area contributed by atoms with Crippen molar-refractivity contribution in [3.63, 3.8) is 0 Å². The van der Waals surface area contributed by atoms with E-state index in [4.69, 9.17) is 5.73 Å². The average Bonchev–Trinajstić information content (AvgIpc) is 3.78. The Hall–Kier alpha value is -5.26. The van der Waals surface area contributed by atoms with Crippen molar-refractivity contribution in [1.29, 1.82) is 0 Å². The smallest absolute Gasteiger partial charge is 0.446 e. The molecule has 0 radical (unpaired) electrons. The van der Waals surface area contributed by atoms with Gasteiger partial charge >= 0.3 is 10.4 Å². The number of nitrogens with two attached hydrogens (primary N) is 1. The third-order valence-electron chi connectivity index (χ3n) is 11.5. The zero-order valence-corrected chi connectivity index (χ0v) is 38.2. The first-order valence-electron chi connectivity index (χ1n) is 21.7. The standard InChI is InChI=1S/C40H63N9O17S/c1-18(2)42-10-11-43-29(55)15-27(54)32-40(62)49-16-19(3)34(56)33(49)38(60)44-9-5-6-23(41)35(57)45-30(20(4)50)39(61)48-17-22(51)14-24(48)36(58)46-31(37(59)47-32)26(53)12-21-7-8-25(52)28(13-21)66-67(63,64)65/h7-8,13,18-20,22-24,26-27,30-34,42,50-54,56H,5-6,9-12,14-17,41H2,1-4H3,(H,43,55)(H,44,60)(H,45,57)(H,46,58)(H,47,59)(H,63,64,65)/t19-,20+,22+,23-,24-,26+,27+,30?,31-,32-,33-,34-/m0/s1. The molecule has 12 atom stereocenters.